The zero-order valence-corrected chi connectivity index (χ0v) is 17.2. The number of benzene rings is 2. The molecule has 2 aromatic carbocycles. The standard InChI is InChI=1S/C19H18BrNO7/c1-25-15-6-5-12(10-14(15)21(23)24)18(22)13(20)7-11-8-16(26-2)19(28-4)17(9-11)27-3/h5-10H,1-4H3/b13-7+. The summed E-state index contributed by atoms with van der Waals surface area (Å²) in [6.07, 6.45) is 1.56. The van der Waals surface area contributed by atoms with Crippen molar-refractivity contribution in [1.82, 2.24) is 0 Å². The summed E-state index contributed by atoms with van der Waals surface area (Å²) in [6.45, 7) is 0. The number of ether oxygens (including phenoxy) is 4. The number of carbonyl (C=O) groups excluding carboxylic acids is 1. The van der Waals surface area contributed by atoms with E-state index in [0.29, 0.717) is 22.8 Å². The van der Waals surface area contributed by atoms with Crippen LogP contribution < -0.4 is 18.9 Å². The van der Waals surface area contributed by atoms with E-state index in [1.165, 1.54) is 46.6 Å². The minimum absolute atomic E-state index is 0.0753. The number of rotatable bonds is 8. The third-order valence-electron chi connectivity index (χ3n) is 3.84. The van der Waals surface area contributed by atoms with Crippen LogP contribution in [0.2, 0.25) is 0 Å². The quantitative estimate of drug-likeness (QED) is 0.256. The molecule has 0 N–H and O–H groups in total. The number of methoxy groups -OCH3 is 4. The smallest absolute Gasteiger partial charge is 0.311 e. The predicted molar refractivity (Wildman–Crippen MR) is 107 cm³/mol. The van der Waals surface area contributed by atoms with Crippen LogP contribution in [0.15, 0.2) is 34.8 Å². The Morgan fingerprint density at radius 3 is 2.00 bits per heavy atom. The number of hydrogen-bond acceptors (Lipinski definition) is 7. The van der Waals surface area contributed by atoms with E-state index < -0.39 is 10.7 Å². The van der Waals surface area contributed by atoms with Gasteiger partial charge in [-0.15, -0.1) is 0 Å². The first-order chi connectivity index (χ1) is 13.4. The Hall–Kier alpha value is -3.07. The molecule has 0 unspecified atom stereocenters. The largest absolute Gasteiger partial charge is 0.493 e. The third kappa shape index (κ3) is 4.42. The molecule has 0 bridgehead atoms. The summed E-state index contributed by atoms with van der Waals surface area (Å²) in [6, 6.07) is 7.35. The van der Waals surface area contributed by atoms with Crippen LogP contribution in [0.5, 0.6) is 23.0 Å². The van der Waals surface area contributed by atoms with Crippen LogP contribution in [-0.2, 0) is 0 Å². The second kappa shape index (κ2) is 9.23. The van der Waals surface area contributed by atoms with Crippen molar-refractivity contribution in [3.63, 3.8) is 0 Å². The first-order valence-electron chi connectivity index (χ1n) is 7.90. The van der Waals surface area contributed by atoms with Gasteiger partial charge in [-0.05, 0) is 51.8 Å². The second-order valence-corrected chi connectivity index (χ2v) is 6.28. The number of Topliss-reactive ketones (excluding diaryl/α,β-unsaturated/α-hetero) is 1. The highest BCUT2D eigenvalue weighted by Gasteiger charge is 2.20. The molecule has 0 aromatic heterocycles. The summed E-state index contributed by atoms with van der Waals surface area (Å²) in [5.74, 6) is 0.933. The maximum absolute atomic E-state index is 12.7. The first-order valence-corrected chi connectivity index (χ1v) is 8.69. The number of nitro groups is 1. The van der Waals surface area contributed by atoms with Crippen molar-refractivity contribution in [2.24, 2.45) is 0 Å². The van der Waals surface area contributed by atoms with Crippen LogP contribution in [-0.4, -0.2) is 39.1 Å². The third-order valence-corrected chi connectivity index (χ3v) is 4.42. The molecule has 0 amide bonds. The molecular weight excluding hydrogens is 434 g/mol. The lowest BCUT2D eigenvalue weighted by Crippen LogP contribution is -2.02. The monoisotopic (exact) mass is 451 g/mol. The molecule has 0 saturated heterocycles. The van der Waals surface area contributed by atoms with Crippen LogP contribution in [0.4, 0.5) is 5.69 Å². The summed E-state index contributed by atoms with van der Waals surface area (Å²) < 4.78 is 21.0. The van der Waals surface area contributed by atoms with Crippen molar-refractivity contribution < 1.29 is 28.7 Å². The lowest BCUT2D eigenvalue weighted by Gasteiger charge is -2.13. The van der Waals surface area contributed by atoms with Crippen molar-refractivity contribution in [2.45, 2.75) is 0 Å². The van der Waals surface area contributed by atoms with Gasteiger partial charge < -0.3 is 18.9 Å². The van der Waals surface area contributed by atoms with Gasteiger partial charge in [-0.2, -0.15) is 0 Å². The lowest BCUT2D eigenvalue weighted by atomic mass is 10.1. The van der Waals surface area contributed by atoms with Crippen molar-refractivity contribution in [1.29, 1.82) is 0 Å². The van der Waals surface area contributed by atoms with Gasteiger partial charge in [-0.1, -0.05) is 0 Å². The summed E-state index contributed by atoms with van der Waals surface area (Å²) in [5, 5.41) is 11.2. The van der Waals surface area contributed by atoms with Crippen LogP contribution in [0, 0.1) is 10.1 Å². The van der Waals surface area contributed by atoms with E-state index in [1.807, 2.05) is 0 Å². The van der Waals surface area contributed by atoms with Gasteiger partial charge in [-0.25, -0.2) is 0 Å². The zero-order valence-electron chi connectivity index (χ0n) is 15.6. The highest BCUT2D eigenvalue weighted by atomic mass is 79.9. The summed E-state index contributed by atoms with van der Waals surface area (Å²) in [7, 11) is 5.79. The van der Waals surface area contributed by atoms with E-state index in [1.54, 1.807) is 18.2 Å². The Morgan fingerprint density at radius 1 is 0.964 bits per heavy atom. The van der Waals surface area contributed by atoms with Crippen molar-refractivity contribution in [3.8, 4) is 23.0 Å². The Kier molecular flexibility index (Phi) is 7.00. The molecule has 8 nitrogen and oxygen atoms in total. The molecule has 0 saturated carbocycles. The lowest BCUT2D eigenvalue weighted by molar-refractivity contribution is -0.385. The number of nitro benzene ring substituents is 1. The molecule has 0 aliphatic rings. The van der Waals surface area contributed by atoms with Crippen LogP contribution in [0.3, 0.4) is 0 Å². The molecule has 2 rings (SSSR count). The normalized spacial score (nSPS) is 11.0. The fraction of sp³-hybridized carbons (Fsp3) is 0.211. The van der Waals surface area contributed by atoms with Gasteiger partial charge in [0.2, 0.25) is 5.75 Å². The molecular formula is C19H18BrNO7. The number of hydrogen-bond donors (Lipinski definition) is 0. The molecule has 0 atom stereocenters. The van der Waals surface area contributed by atoms with E-state index in [2.05, 4.69) is 15.9 Å². The second-order valence-electron chi connectivity index (χ2n) is 5.42. The molecule has 2 aromatic rings. The van der Waals surface area contributed by atoms with E-state index in [9.17, 15) is 14.9 Å². The molecule has 0 spiro atoms. The Labute approximate surface area is 169 Å². The van der Waals surface area contributed by atoms with Crippen LogP contribution in [0.1, 0.15) is 15.9 Å². The molecule has 0 fully saturated rings. The average molecular weight is 452 g/mol. The maximum Gasteiger partial charge on any atom is 0.311 e. The van der Waals surface area contributed by atoms with Gasteiger partial charge in [0, 0.05) is 11.6 Å². The van der Waals surface area contributed by atoms with Crippen LogP contribution in [0.25, 0.3) is 6.08 Å². The number of allylic oxidation sites excluding steroid dienone is 1. The number of ketones is 1. The molecule has 28 heavy (non-hydrogen) atoms. The number of halogens is 1. The Balaban J connectivity index is 2.44. The van der Waals surface area contributed by atoms with E-state index >= 15 is 0 Å². The first kappa shape index (κ1) is 21.2. The zero-order chi connectivity index (χ0) is 20.8. The minimum atomic E-state index is -0.605. The Morgan fingerprint density at radius 2 is 1.54 bits per heavy atom. The molecule has 0 aliphatic heterocycles. The Bertz CT molecular complexity index is 915. The van der Waals surface area contributed by atoms with Crippen molar-refractivity contribution >= 4 is 33.5 Å². The summed E-state index contributed by atoms with van der Waals surface area (Å²) in [4.78, 5) is 23.3. The van der Waals surface area contributed by atoms with Crippen molar-refractivity contribution in [3.05, 3.63) is 56.1 Å². The van der Waals surface area contributed by atoms with Gasteiger partial charge in [-0.3, -0.25) is 14.9 Å². The summed E-state index contributed by atoms with van der Waals surface area (Å²) >= 11 is 3.24. The highest BCUT2D eigenvalue weighted by Crippen LogP contribution is 2.39. The molecule has 0 aliphatic carbocycles. The molecule has 148 valence electrons. The van der Waals surface area contributed by atoms with Gasteiger partial charge in [0.15, 0.2) is 23.0 Å². The average Bonchev–Trinajstić information content (AvgIpc) is 2.71. The SMILES string of the molecule is COc1ccc(C(=O)/C(Br)=C\c2cc(OC)c(OC)c(OC)c2)cc1[N+](=O)[O-]. The molecule has 9 heteroatoms. The molecule has 0 radical (unpaired) electrons. The van der Waals surface area contributed by atoms with Gasteiger partial charge in [0.1, 0.15) is 0 Å². The number of carbonyl (C=O) groups is 1. The highest BCUT2D eigenvalue weighted by molar-refractivity contribution is 9.12. The van der Waals surface area contributed by atoms with E-state index in [0.717, 1.165) is 0 Å². The predicted octanol–water partition coefficient (Wildman–Crippen LogP) is 4.25. The van der Waals surface area contributed by atoms with Gasteiger partial charge in [0.25, 0.3) is 0 Å². The van der Waals surface area contributed by atoms with E-state index in [4.69, 9.17) is 18.9 Å². The number of nitrogens with zero attached hydrogens (tertiary/aromatic N) is 1. The fourth-order valence-corrected chi connectivity index (χ4v) is 3.00. The van der Waals surface area contributed by atoms with Crippen LogP contribution >= 0.6 is 15.9 Å². The minimum Gasteiger partial charge on any atom is -0.493 e. The van der Waals surface area contributed by atoms with Crippen molar-refractivity contribution in [2.75, 3.05) is 28.4 Å². The fourth-order valence-electron chi connectivity index (χ4n) is 2.51. The maximum atomic E-state index is 12.7. The molecule has 0 heterocycles. The summed E-state index contributed by atoms with van der Waals surface area (Å²) in [5.41, 5.74) is 0.460. The van der Waals surface area contributed by atoms with Gasteiger partial charge in [0.05, 0.1) is 37.8 Å². The topological polar surface area (TPSA) is 97.1 Å². The van der Waals surface area contributed by atoms with Gasteiger partial charge >= 0.3 is 5.69 Å². The van der Waals surface area contributed by atoms with E-state index in [-0.39, 0.29) is 21.5 Å².